The molecule has 0 N–H and O–H groups in total. The van der Waals surface area contributed by atoms with Gasteiger partial charge in [0.15, 0.2) is 9.84 Å². The number of hydrogen-bond donors (Lipinski definition) is 0. The molecular weight excluding hydrogens is 312 g/mol. The molecule has 2 rings (SSSR count). The van der Waals surface area contributed by atoms with Gasteiger partial charge in [-0.15, -0.1) is 11.8 Å². The molecule has 0 aliphatic carbocycles. The van der Waals surface area contributed by atoms with E-state index in [0.717, 1.165) is 5.75 Å². The molecule has 0 fully saturated rings. The zero-order valence-corrected chi connectivity index (χ0v) is 14.6. The highest BCUT2D eigenvalue weighted by molar-refractivity contribution is 7.99. The zero-order chi connectivity index (χ0) is 16.0. The molecule has 2 nitrogen and oxygen atoms in total. The molecule has 0 heterocycles. The van der Waals surface area contributed by atoms with E-state index in [1.54, 1.807) is 36.0 Å². The van der Waals surface area contributed by atoms with Gasteiger partial charge in [0.1, 0.15) is 0 Å². The van der Waals surface area contributed by atoms with Gasteiger partial charge in [-0.25, -0.2) is 8.42 Å². The summed E-state index contributed by atoms with van der Waals surface area (Å²) in [4.78, 5) is 1.61. The minimum Gasteiger partial charge on any atom is -0.224 e. The molecule has 1 atom stereocenters. The van der Waals surface area contributed by atoms with Crippen molar-refractivity contribution in [3.8, 4) is 0 Å². The summed E-state index contributed by atoms with van der Waals surface area (Å²) < 4.78 is 25.1. The highest BCUT2D eigenvalue weighted by Gasteiger charge is 2.23. The Balaban J connectivity index is 2.06. The topological polar surface area (TPSA) is 34.1 Å². The van der Waals surface area contributed by atoms with Gasteiger partial charge in [-0.2, -0.15) is 0 Å². The van der Waals surface area contributed by atoms with E-state index >= 15 is 0 Å². The molecule has 2 aromatic carbocycles. The fourth-order valence-corrected chi connectivity index (χ4v) is 5.40. The average molecular weight is 335 g/mol. The van der Waals surface area contributed by atoms with Crippen molar-refractivity contribution in [3.63, 3.8) is 0 Å². The molecular formula is C18H22O2S2. The van der Waals surface area contributed by atoms with E-state index in [1.807, 2.05) is 24.3 Å². The Bertz CT molecular complexity index is 665. The van der Waals surface area contributed by atoms with Crippen LogP contribution in [0.3, 0.4) is 0 Å². The Hall–Kier alpha value is -1.26. The molecule has 0 bridgehead atoms. The van der Waals surface area contributed by atoms with Crippen molar-refractivity contribution in [1.29, 1.82) is 0 Å². The number of sulfone groups is 1. The van der Waals surface area contributed by atoms with Crippen LogP contribution >= 0.6 is 11.8 Å². The molecule has 0 saturated carbocycles. The molecule has 22 heavy (non-hydrogen) atoms. The maximum Gasteiger partial charge on any atom is 0.178 e. The fourth-order valence-electron chi connectivity index (χ4n) is 2.16. The molecule has 0 saturated heterocycles. The Kier molecular flexibility index (Phi) is 6.09. The van der Waals surface area contributed by atoms with Gasteiger partial charge in [-0.3, -0.25) is 0 Å². The maximum absolute atomic E-state index is 12.5. The van der Waals surface area contributed by atoms with Crippen molar-refractivity contribution in [1.82, 2.24) is 0 Å². The van der Waals surface area contributed by atoms with E-state index in [4.69, 9.17) is 0 Å². The lowest BCUT2D eigenvalue weighted by molar-refractivity contribution is 0.459. The second kappa shape index (κ2) is 7.84. The largest absolute Gasteiger partial charge is 0.224 e. The third kappa shape index (κ3) is 4.89. The fraction of sp³-hybridized carbons (Fsp3) is 0.333. The highest BCUT2D eigenvalue weighted by Crippen LogP contribution is 2.26. The summed E-state index contributed by atoms with van der Waals surface area (Å²) in [7, 11) is -3.22. The molecule has 4 heteroatoms. The first-order chi connectivity index (χ1) is 10.5. The molecule has 0 spiro atoms. The van der Waals surface area contributed by atoms with Gasteiger partial charge < -0.3 is 0 Å². The molecule has 0 aliphatic heterocycles. The lowest BCUT2D eigenvalue weighted by atomic mass is 10.0. The number of benzene rings is 2. The molecule has 0 aromatic heterocycles. The lowest BCUT2D eigenvalue weighted by Gasteiger charge is -2.20. The van der Waals surface area contributed by atoms with Crippen molar-refractivity contribution in [2.24, 2.45) is 11.8 Å². The predicted octanol–water partition coefficient (Wildman–Crippen LogP) is 4.52. The molecule has 0 aliphatic rings. The van der Waals surface area contributed by atoms with E-state index in [-0.39, 0.29) is 11.7 Å². The summed E-state index contributed by atoms with van der Waals surface area (Å²) >= 11 is 1.73. The van der Waals surface area contributed by atoms with E-state index in [0.29, 0.717) is 10.8 Å². The van der Waals surface area contributed by atoms with Crippen LogP contribution in [0.15, 0.2) is 70.5 Å². The van der Waals surface area contributed by atoms with Crippen LogP contribution in [-0.2, 0) is 9.84 Å². The second-order valence-corrected chi connectivity index (χ2v) is 8.85. The van der Waals surface area contributed by atoms with Gasteiger partial charge in [0.05, 0.1) is 10.6 Å². The maximum atomic E-state index is 12.5. The van der Waals surface area contributed by atoms with Crippen molar-refractivity contribution >= 4 is 21.6 Å². The summed E-state index contributed by atoms with van der Waals surface area (Å²) in [6.45, 7) is 4.19. The minimum absolute atomic E-state index is 0.135. The van der Waals surface area contributed by atoms with Crippen LogP contribution in [0.25, 0.3) is 0 Å². The third-order valence-corrected chi connectivity index (χ3v) is 6.74. The first-order valence-electron chi connectivity index (χ1n) is 7.44. The van der Waals surface area contributed by atoms with Crippen LogP contribution < -0.4 is 0 Å². The summed E-state index contributed by atoms with van der Waals surface area (Å²) in [5, 5.41) is 0. The third-order valence-electron chi connectivity index (χ3n) is 3.69. The average Bonchev–Trinajstić information content (AvgIpc) is 2.53. The van der Waals surface area contributed by atoms with Crippen LogP contribution in [0.4, 0.5) is 0 Å². The van der Waals surface area contributed by atoms with Crippen LogP contribution in [0, 0.1) is 11.8 Å². The molecule has 0 amide bonds. The Morgan fingerprint density at radius 2 is 1.45 bits per heavy atom. The van der Waals surface area contributed by atoms with Crippen molar-refractivity contribution in [3.05, 3.63) is 60.7 Å². The van der Waals surface area contributed by atoms with Gasteiger partial charge in [0.2, 0.25) is 0 Å². The number of thioether (sulfide) groups is 1. The number of hydrogen-bond acceptors (Lipinski definition) is 3. The Morgan fingerprint density at radius 1 is 0.909 bits per heavy atom. The van der Waals surface area contributed by atoms with E-state index in [2.05, 4.69) is 26.0 Å². The second-order valence-electron chi connectivity index (χ2n) is 5.72. The van der Waals surface area contributed by atoms with Crippen molar-refractivity contribution in [2.45, 2.75) is 23.6 Å². The highest BCUT2D eigenvalue weighted by atomic mass is 32.2. The summed E-state index contributed by atoms with van der Waals surface area (Å²) in [6, 6.07) is 18.9. The lowest BCUT2D eigenvalue weighted by Crippen LogP contribution is -2.23. The Morgan fingerprint density at radius 3 is 2.00 bits per heavy atom. The summed E-state index contributed by atoms with van der Waals surface area (Å²) in [6.07, 6.45) is 0. The first kappa shape index (κ1) is 17.1. The molecule has 2 aromatic rings. The monoisotopic (exact) mass is 334 g/mol. The predicted molar refractivity (Wildman–Crippen MR) is 94.0 cm³/mol. The van der Waals surface area contributed by atoms with Crippen LogP contribution in [0.2, 0.25) is 0 Å². The van der Waals surface area contributed by atoms with Crippen LogP contribution in [0.1, 0.15) is 13.8 Å². The van der Waals surface area contributed by atoms with Gasteiger partial charge in [0, 0.05) is 10.6 Å². The van der Waals surface area contributed by atoms with E-state index in [1.165, 1.54) is 4.90 Å². The zero-order valence-electron chi connectivity index (χ0n) is 13.0. The summed E-state index contributed by atoms with van der Waals surface area (Å²) in [5.41, 5.74) is 0. The van der Waals surface area contributed by atoms with E-state index in [9.17, 15) is 8.42 Å². The van der Waals surface area contributed by atoms with Gasteiger partial charge in [0.25, 0.3) is 0 Å². The normalized spacial score (nSPS) is 13.2. The summed E-state index contributed by atoms with van der Waals surface area (Å²) in [5.74, 6) is 1.48. The van der Waals surface area contributed by atoms with Crippen LogP contribution in [0.5, 0.6) is 0 Å². The van der Waals surface area contributed by atoms with Crippen molar-refractivity contribution in [2.75, 3.05) is 11.5 Å². The number of rotatable bonds is 7. The molecule has 118 valence electrons. The van der Waals surface area contributed by atoms with Crippen LogP contribution in [-0.4, -0.2) is 19.9 Å². The Labute approximate surface area is 137 Å². The smallest absolute Gasteiger partial charge is 0.178 e. The van der Waals surface area contributed by atoms with Crippen molar-refractivity contribution < 1.29 is 8.42 Å². The van der Waals surface area contributed by atoms with E-state index < -0.39 is 9.84 Å². The standard InChI is InChI=1S/C18H22O2S2/c1-15(2)16(13-21-17-9-5-3-6-10-17)14-22(19,20)18-11-7-4-8-12-18/h3-12,15-16H,13-14H2,1-2H3/t16-/m0/s1. The quantitative estimate of drug-likeness (QED) is 0.698. The van der Waals surface area contributed by atoms with Gasteiger partial charge in [-0.1, -0.05) is 50.2 Å². The molecule has 0 radical (unpaired) electrons. The van der Waals surface area contributed by atoms with Gasteiger partial charge in [-0.05, 0) is 36.1 Å². The van der Waals surface area contributed by atoms with Gasteiger partial charge >= 0.3 is 0 Å². The first-order valence-corrected chi connectivity index (χ1v) is 10.1. The SMILES string of the molecule is CC(C)[C@@H](CSc1ccccc1)CS(=O)(=O)c1ccccc1. The molecule has 0 unspecified atom stereocenters. The minimum atomic E-state index is -3.22.